The van der Waals surface area contributed by atoms with Gasteiger partial charge in [-0.2, -0.15) is 0 Å². The van der Waals surface area contributed by atoms with Crippen molar-refractivity contribution in [3.8, 4) is 5.75 Å². The fourth-order valence-electron chi connectivity index (χ4n) is 2.35. The molecule has 1 aliphatic carbocycles. The predicted octanol–water partition coefficient (Wildman–Crippen LogP) is 4.48. The fourth-order valence-corrected chi connectivity index (χ4v) is 2.58. The third-order valence-electron chi connectivity index (χ3n) is 3.21. The van der Waals surface area contributed by atoms with Crippen LogP contribution in [0.1, 0.15) is 39.0 Å². The van der Waals surface area contributed by atoms with Crippen LogP contribution in [0.5, 0.6) is 5.75 Å². The van der Waals surface area contributed by atoms with E-state index in [1.54, 1.807) is 0 Å². The molecule has 0 bridgehead atoms. The van der Waals surface area contributed by atoms with E-state index in [1.165, 1.54) is 32.1 Å². The Morgan fingerprint density at radius 3 is 2.71 bits per heavy atom. The Hall–Kier alpha value is -0.890. The van der Waals surface area contributed by atoms with Gasteiger partial charge in [0.25, 0.3) is 0 Å². The zero-order chi connectivity index (χ0) is 12.1. The van der Waals surface area contributed by atoms with Crippen LogP contribution in [0.15, 0.2) is 18.2 Å². The van der Waals surface area contributed by atoms with E-state index in [9.17, 15) is 0 Å². The van der Waals surface area contributed by atoms with Gasteiger partial charge in [-0.3, -0.25) is 0 Å². The zero-order valence-electron chi connectivity index (χ0n) is 10.3. The van der Waals surface area contributed by atoms with E-state index in [0.717, 1.165) is 11.4 Å². The standard InChI is InChI=1S/C14H20ClNO/c1-2-17-14-9-8-12(10-13(14)15)16-11-6-4-3-5-7-11/h8-11,16H,2-7H2,1H3. The van der Waals surface area contributed by atoms with Crippen LogP contribution in [0.25, 0.3) is 0 Å². The molecule has 94 valence electrons. The number of benzene rings is 1. The second-order valence-corrected chi connectivity index (χ2v) is 4.96. The van der Waals surface area contributed by atoms with Crippen LogP contribution in [-0.2, 0) is 0 Å². The lowest BCUT2D eigenvalue weighted by Crippen LogP contribution is -2.22. The maximum absolute atomic E-state index is 6.16. The first-order valence-electron chi connectivity index (χ1n) is 6.48. The molecule has 0 spiro atoms. The van der Waals surface area contributed by atoms with Crippen LogP contribution in [0.3, 0.4) is 0 Å². The Labute approximate surface area is 108 Å². The monoisotopic (exact) mass is 253 g/mol. The van der Waals surface area contributed by atoms with Gasteiger partial charge in [-0.25, -0.2) is 0 Å². The molecule has 1 aliphatic rings. The van der Waals surface area contributed by atoms with Crippen LogP contribution in [-0.4, -0.2) is 12.6 Å². The lowest BCUT2D eigenvalue weighted by atomic mass is 9.95. The van der Waals surface area contributed by atoms with E-state index in [-0.39, 0.29) is 0 Å². The van der Waals surface area contributed by atoms with Gasteiger partial charge in [-0.1, -0.05) is 30.9 Å². The molecule has 2 rings (SSSR count). The number of hydrogen-bond acceptors (Lipinski definition) is 2. The SMILES string of the molecule is CCOc1ccc(NC2CCCCC2)cc1Cl. The zero-order valence-corrected chi connectivity index (χ0v) is 11.1. The second kappa shape index (κ2) is 6.15. The smallest absolute Gasteiger partial charge is 0.138 e. The summed E-state index contributed by atoms with van der Waals surface area (Å²) in [7, 11) is 0. The normalized spacial score (nSPS) is 16.8. The molecule has 0 unspecified atom stereocenters. The highest BCUT2D eigenvalue weighted by atomic mass is 35.5. The minimum Gasteiger partial charge on any atom is -0.492 e. The van der Waals surface area contributed by atoms with Crippen molar-refractivity contribution in [2.24, 2.45) is 0 Å². The third-order valence-corrected chi connectivity index (χ3v) is 3.50. The van der Waals surface area contributed by atoms with Crippen molar-refractivity contribution in [3.05, 3.63) is 23.2 Å². The van der Waals surface area contributed by atoms with E-state index < -0.39 is 0 Å². The first-order valence-corrected chi connectivity index (χ1v) is 6.86. The van der Waals surface area contributed by atoms with Gasteiger partial charge in [0.05, 0.1) is 11.6 Å². The maximum atomic E-state index is 6.16. The summed E-state index contributed by atoms with van der Waals surface area (Å²) < 4.78 is 5.42. The number of ether oxygens (including phenoxy) is 1. The van der Waals surface area contributed by atoms with Crippen LogP contribution in [0.2, 0.25) is 5.02 Å². The first kappa shape index (κ1) is 12.6. The first-order chi connectivity index (χ1) is 8.29. The van der Waals surface area contributed by atoms with Gasteiger partial charge < -0.3 is 10.1 Å². The molecule has 0 aliphatic heterocycles. The molecule has 0 saturated heterocycles. The Balaban J connectivity index is 1.98. The summed E-state index contributed by atoms with van der Waals surface area (Å²) >= 11 is 6.16. The molecule has 0 heterocycles. The van der Waals surface area contributed by atoms with Crippen LogP contribution < -0.4 is 10.1 Å². The van der Waals surface area contributed by atoms with E-state index in [1.807, 2.05) is 25.1 Å². The molecular weight excluding hydrogens is 234 g/mol. The lowest BCUT2D eigenvalue weighted by Gasteiger charge is -2.24. The Morgan fingerprint density at radius 1 is 1.29 bits per heavy atom. The van der Waals surface area contributed by atoms with Gasteiger partial charge in [0.2, 0.25) is 0 Å². The van der Waals surface area contributed by atoms with Crippen molar-refractivity contribution < 1.29 is 4.74 Å². The summed E-state index contributed by atoms with van der Waals surface area (Å²) in [5.41, 5.74) is 1.10. The molecular formula is C14H20ClNO. The highest BCUT2D eigenvalue weighted by molar-refractivity contribution is 6.32. The predicted molar refractivity (Wildman–Crippen MR) is 73.1 cm³/mol. The van der Waals surface area contributed by atoms with Gasteiger partial charge in [-0.15, -0.1) is 0 Å². The third kappa shape index (κ3) is 3.53. The topological polar surface area (TPSA) is 21.3 Å². The van der Waals surface area contributed by atoms with Crippen LogP contribution in [0.4, 0.5) is 5.69 Å². The molecule has 0 aromatic heterocycles. The van der Waals surface area contributed by atoms with E-state index in [2.05, 4.69) is 5.32 Å². The van der Waals surface area contributed by atoms with Crippen LogP contribution >= 0.6 is 11.6 Å². The molecule has 0 atom stereocenters. The highest BCUT2D eigenvalue weighted by Gasteiger charge is 2.13. The van der Waals surface area contributed by atoms with Gasteiger partial charge in [0, 0.05) is 11.7 Å². The molecule has 17 heavy (non-hydrogen) atoms. The number of halogens is 1. The Kier molecular flexibility index (Phi) is 4.55. The van der Waals surface area contributed by atoms with Gasteiger partial charge in [0.1, 0.15) is 5.75 Å². The quantitative estimate of drug-likeness (QED) is 0.854. The number of anilines is 1. The van der Waals surface area contributed by atoms with E-state index in [0.29, 0.717) is 17.7 Å². The summed E-state index contributed by atoms with van der Waals surface area (Å²) in [5.74, 6) is 0.767. The van der Waals surface area contributed by atoms with Gasteiger partial charge in [-0.05, 0) is 38.0 Å². The average Bonchev–Trinajstić information content (AvgIpc) is 2.34. The summed E-state index contributed by atoms with van der Waals surface area (Å²) in [6.45, 7) is 2.61. The van der Waals surface area contributed by atoms with Crippen molar-refractivity contribution in [1.29, 1.82) is 0 Å². The van der Waals surface area contributed by atoms with Crippen LogP contribution in [0, 0.1) is 0 Å². The molecule has 2 nitrogen and oxygen atoms in total. The molecule has 1 saturated carbocycles. The molecule has 0 radical (unpaired) electrons. The van der Waals surface area contributed by atoms with Crippen molar-refractivity contribution in [2.45, 2.75) is 45.1 Å². The number of nitrogens with one attached hydrogen (secondary N) is 1. The van der Waals surface area contributed by atoms with E-state index >= 15 is 0 Å². The minimum atomic E-state index is 0.609. The van der Waals surface area contributed by atoms with Crippen molar-refractivity contribution in [1.82, 2.24) is 0 Å². The molecule has 1 aromatic carbocycles. The Bertz CT molecular complexity index is 361. The van der Waals surface area contributed by atoms with Crippen molar-refractivity contribution in [3.63, 3.8) is 0 Å². The summed E-state index contributed by atoms with van der Waals surface area (Å²) in [5, 5.41) is 4.24. The molecule has 0 amide bonds. The highest BCUT2D eigenvalue weighted by Crippen LogP contribution is 2.29. The molecule has 1 aromatic rings. The number of rotatable bonds is 4. The fraction of sp³-hybridized carbons (Fsp3) is 0.571. The van der Waals surface area contributed by atoms with Crippen molar-refractivity contribution in [2.75, 3.05) is 11.9 Å². The summed E-state index contributed by atoms with van der Waals surface area (Å²) in [4.78, 5) is 0. The summed E-state index contributed by atoms with van der Waals surface area (Å²) in [6.07, 6.45) is 6.59. The second-order valence-electron chi connectivity index (χ2n) is 4.56. The number of hydrogen-bond donors (Lipinski definition) is 1. The minimum absolute atomic E-state index is 0.609. The van der Waals surface area contributed by atoms with Gasteiger partial charge in [0.15, 0.2) is 0 Å². The van der Waals surface area contributed by atoms with Crippen molar-refractivity contribution >= 4 is 17.3 Å². The van der Waals surface area contributed by atoms with E-state index in [4.69, 9.17) is 16.3 Å². The maximum Gasteiger partial charge on any atom is 0.138 e. The largest absolute Gasteiger partial charge is 0.492 e. The lowest BCUT2D eigenvalue weighted by molar-refractivity contribution is 0.340. The molecule has 1 N–H and O–H groups in total. The molecule has 3 heteroatoms. The summed E-state index contributed by atoms with van der Waals surface area (Å²) in [6, 6.07) is 6.56. The molecule has 1 fully saturated rings. The Morgan fingerprint density at radius 2 is 2.06 bits per heavy atom. The average molecular weight is 254 g/mol. The van der Waals surface area contributed by atoms with Gasteiger partial charge >= 0.3 is 0 Å².